The monoisotopic (exact) mass is 280 g/mol. The third-order valence-corrected chi connectivity index (χ3v) is 4.49. The Morgan fingerprint density at radius 1 is 1.37 bits per heavy atom. The van der Waals surface area contributed by atoms with Crippen LogP contribution in [0.15, 0.2) is 24.3 Å². The van der Waals surface area contributed by atoms with Crippen LogP contribution in [0.3, 0.4) is 0 Å². The Morgan fingerprint density at radius 3 is 2.32 bits per heavy atom. The van der Waals surface area contributed by atoms with Crippen LogP contribution in [-0.4, -0.2) is 34.7 Å². The van der Waals surface area contributed by atoms with E-state index < -0.39 is 0 Å². The summed E-state index contributed by atoms with van der Waals surface area (Å²) < 4.78 is 0.652. The van der Waals surface area contributed by atoms with Crippen LogP contribution < -0.4 is 5.73 Å². The average Bonchev–Trinajstić information content (AvgIpc) is 2.39. The number of thiocarbonyl (C=S) groups is 1. The van der Waals surface area contributed by atoms with E-state index in [0.717, 1.165) is 25.9 Å². The molecule has 0 saturated carbocycles. The average molecular weight is 280 g/mol. The molecule has 1 aromatic rings. The van der Waals surface area contributed by atoms with Crippen molar-refractivity contribution in [2.75, 3.05) is 20.1 Å². The van der Waals surface area contributed by atoms with Crippen molar-refractivity contribution in [1.29, 1.82) is 0 Å². The van der Waals surface area contributed by atoms with Gasteiger partial charge >= 0.3 is 0 Å². The van der Waals surface area contributed by atoms with Gasteiger partial charge in [0, 0.05) is 37.2 Å². The van der Waals surface area contributed by atoms with Crippen LogP contribution in [0.4, 0.5) is 5.69 Å². The minimum Gasteiger partial charge on any atom is -0.345 e. The molecular formula is C13H18N3O2S+. The molecule has 1 heterocycles. The second kappa shape index (κ2) is 5.22. The Labute approximate surface area is 117 Å². The van der Waals surface area contributed by atoms with Crippen molar-refractivity contribution in [2.45, 2.75) is 18.8 Å². The van der Waals surface area contributed by atoms with Crippen molar-refractivity contribution in [2.24, 2.45) is 5.73 Å². The first-order chi connectivity index (χ1) is 8.92. The number of nitro benzene ring substituents is 1. The SMILES string of the molecule is C[N+]1(C(N)=S)CCC(c2ccc([N+](=O)[O-])cc2)CC1. The second-order valence-electron chi connectivity index (χ2n) is 5.30. The summed E-state index contributed by atoms with van der Waals surface area (Å²) in [5.41, 5.74) is 7.08. The molecule has 5 nitrogen and oxygen atoms in total. The van der Waals surface area contributed by atoms with E-state index in [1.807, 2.05) is 12.1 Å². The van der Waals surface area contributed by atoms with Crippen molar-refractivity contribution >= 4 is 23.0 Å². The molecule has 0 bridgehead atoms. The molecule has 1 aliphatic heterocycles. The van der Waals surface area contributed by atoms with Crippen molar-refractivity contribution < 1.29 is 9.41 Å². The molecule has 19 heavy (non-hydrogen) atoms. The third kappa shape index (κ3) is 2.90. The van der Waals surface area contributed by atoms with Gasteiger partial charge in [-0.05, 0) is 11.5 Å². The van der Waals surface area contributed by atoms with Crippen molar-refractivity contribution in [1.82, 2.24) is 0 Å². The van der Waals surface area contributed by atoms with Crippen molar-refractivity contribution in [3.63, 3.8) is 0 Å². The van der Waals surface area contributed by atoms with Crippen LogP contribution in [0.5, 0.6) is 0 Å². The predicted molar refractivity (Wildman–Crippen MR) is 77.8 cm³/mol. The lowest BCUT2D eigenvalue weighted by molar-refractivity contribution is -0.825. The fourth-order valence-electron chi connectivity index (χ4n) is 2.56. The summed E-state index contributed by atoms with van der Waals surface area (Å²) in [7, 11) is 2.06. The maximum absolute atomic E-state index is 10.6. The van der Waals surface area contributed by atoms with E-state index in [-0.39, 0.29) is 10.6 Å². The van der Waals surface area contributed by atoms with Crippen LogP contribution >= 0.6 is 12.2 Å². The summed E-state index contributed by atoms with van der Waals surface area (Å²) in [5.74, 6) is 0.446. The number of quaternary nitrogens is 1. The van der Waals surface area contributed by atoms with Crippen LogP contribution in [-0.2, 0) is 0 Å². The Balaban J connectivity index is 2.05. The standard InChI is InChI=1S/C13H17N3O2S/c1-16(13(14)19)8-6-11(7-9-16)10-2-4-12(5-3-10)15(17)18/h2-5,11H,6-9H2,1H3,(H-,14,19)/p+1. The fourth-order valence-corrected chi connectivity index (χ4v) is 2.74. The lowest BCUT2D eigenvalue weighted by Crippen LogP contribution is -2.56. The zero-order valence-corrected chi connectivity index (χ0v) is 11.7. The molecule has 2 N–H and O–H groups in total. The van der Waals surface area contributed by atoms with E-state index >= 15 is 0 Å². The van der Waals surface area contributed by atoms with E-state index in [1.54, 1.807) is 12.1 Å². The van der Waals surface area contributed by atoms with Crippen molar-refractivity contribution in [3.8, 4) is 0 Å². The molecule has 0 unspecified atom stereocenters. The molecule has 1 aromatic carbocycles. The Kier molecular flexibility index (Phi) is 3.82. The Morgan fingerprint density at radius 2 is 1.89 bits per heavy atom. The first-order valence-corrected chi connectivity index (χ1v) is 6.72. The molecule has 1 fully saturated rings. The van der Waals surface area contributed by atoms with Gasteiger partial charge in [-0.25, -0.2) is 0 Å². The van der Waals surface area contributed by atoms with E-state index in [0.29, 0.717) is 15.5 Å². The maximum Gasteiger partial charge on any atom is 0.269 e. The van der Waals surface area contributed by atoms with E-state index in [1.165, 1.54) is 5.56 Å². The zero-order chi connectivity index (χ0) is 14.0. The van der Waals surface area contributed by atoms with E-state index in [9.17, 15) is 10.1 Å². The maximum atomic E-state index is 10.6. The Bertz CT molecular complexity index is 493. The minimum absolute atomic E-state index is 0.142. The third-order valence-electron chi connectivity index (χ3n) is 4.05. The molecule has 0 atom stereocenters. The highest BCUT2D eigenvalue weighted by Gasteiger charge is 2.33. The predicted octanol–water partition coefficient (Wildman–Crippen LogP) is 2.16. The highest BCUT2D eigenvalue weighted by Crippen LogP contribution is 2.31. The van der Waals surface area contributed by atoms with Gasteiger partial charge < -0.3 is 5.73 Å². The van der Waals surface area contributed by atoms with Crippen LogP contribution in [0.2, 0.25) is 0 Å². The van der Waals surface area contributed by atoms with Gasteiger partial charge in [0.1, 0.15) is 0 Å². The minimum atomic E-state index is -0.370. The summed E-state index contributed by atoms with van der Waals surface area (Å²) in [4.78, 5) is 10.3. The van der Waals surface area contributed by atoms with Gasteiger partial charge in [-0.2, -0.15) is 0 Å². The summed E-state index contributed by atoms with van der Waals surface area (Å²) in [6, 6.07) is 6.87. The van der Waals surface area contributed by atoms with Gasteiger partial charge in [-0.15, -0.1) is 0 Å². The first-order valence-electron chi connectivity index (χ1n) is 6.31. The summed E-state index contributed by atoms with van der Waals surface area (Å²) in [6.45, 7) is 1.86. The van der Waals surface area contributed by atoms with Gasteiger partial charge in [-0.3, -0.25) is 14.6 Å². The van der Waals surface area contributed by atoms with E-state index in [4.69, 9.17) is 18.0 Å². The van der Waals surface area contributed by atoms with Crippen LogP contribution in [0, 0.1) is 10.1 Å². The summed E-state index contributed by atoms with van der Waals surface area (Å²) in [6.07, 6.45) is 2.01. The van der Waals surface area contributed by atoms with E-state index in [2.05, 4.69) is 7.05 Å². The molecule has 0 radical (unpaired) electrons. The first kappa shape index (κ1) is 13.9. The lowest BCUT2D eigenvalue weighted by atomic mass is 9.88. The Hall–Kier alpha value is -1.53. The normalized spacial score (nSPS) is 26.9. The second-order valence-corrected chi connectivity index (χ2v) is 5.72. The summed E-state index contributed by atoms with van der Waals surface area (Å²) >= 11 is 5.11. The zero-order valence-electron chi connectivity index (χ0n) is 10.9. The van der Waals surface area contributed by atoms with Gasteiger partial charge in [0.15, 0.2) is 0 Å². The molecule has 2 rings (SSSR count). The van der Waals surface area contributed by atoms with Gasteiger partial charge in [0.05, 0.1) is 25.1 Å². The number of non-ortho nitro benzene ring substituents is 1. The number of piperidine rings is 1. The molecule has 6 heteroatoms. The number of benzene rings is 1. The fraction of sp³-hybridized carbons (Fsp3) is 0.462. The molecule has 1 saturated heterocycles. The van der Waals surface area contributed by atoms with Gasteiger partial charge in [-0.1, -0.05) is 12.1 Å². The lowest BCUT2D eigenvalue weighted by Gasteiger charge is -2.38. The topological polar surface area (TPSA) is 69.2 Å². The van der Waals surface area contributed by atoms with Gasteiger partial charge in [0.25, 0.3) is 10.8 Å². The number of rotatable bonds is 2. The number of hydrogen-bond acceptors (Lipinski definition) is 3. The number of nitrogens with zero attached hydrogens (tertiary/aromatic N) is 2. The molecule has 0 spiro atoms. The molecule has 0 aliphatic carbocycles. The van der Waals surface area contributed by atoms with Crippen LogP contribution in [0.25, 0.3) is 0 Å². The van der Waals surface area contributed by atoms with Crippen molar-refractivity contribution in [3.05, 3.63) is 39.9 Å². The number of likely N-dealkylation sites (tertiary alicyclic amines) is 1. The summed E-state index contributed by atoms with van der Waals surface area (Å²) in [5, 5.41) is 11.2. The van der Waals surface area contributed by atoms with Gasteiger partial charge in [0.2, 0.25) is 0 Å². The largest absolute Gasteiger partial charge is 0.345 e. The molecule has 0 amide bonds. The number of nitrogens with two attached hydrogens (primary N) is 1. The highest BCUT2D eigenvalue weighted by atomic mass is 32.1. The smallest absolute Gasteiger partial charge is 0.269 e. The highest BCUT2D eigenvalue weighted by molar-refractivity contribution is 7.79. The molecule has 0 aromatic heterocycles. The molecular weight excluding hydrogens is 262 g/mol. The quantitative estimate of drug-likeness (QED) is 0.390. The molecule has 102 valence electrons. The number of nitro groups is 1. The molecule has 1 aliphatic rings. The van der Waals surface area contributed by atoms with Crippen LogP contribution in [0.1, 0.15) is 24.3 Å². The number of hydrogen-bond donors (Lipinski definition) is 1.